The number of nitrogens with one attached hydrogen (secondary N) is 1. The van der Waals surface area contributed by atoms with Crippen LogP contribution in [0.4, 0.5) is 0 Å². The fourth-order valence-electron chi connectivity index (χ4n) is 2.13. The van der Waals surface area contributed by atoms with Gasteiger partial charge in [0, 0.05) is 44.5 Å². The SMILES string of the molecule is O=C(/C=C/c1cccnc1)NCCCN1CCCC1=O. The molecule has 1 fully saturated rings. The highest BCUT2D eigenvalue weighted by atomic mass is 16.2. The standard InChI is InChI=1S/C15H19N3O2/c19-14(7-6-13-4-1-8-16-12-13)17-9-3-11-18-10-2-5-15(18)20/h1,4,6-8,12H,2-3,5,9-11H2,(H,17,19)/b7-6+. The van der Waals surface area contributed by atoms with Crippen LogP contribution in [0.15, 0.2) is 30.6 Å². The van der Waals surface area contributed by atoms with Gasteiger partial charge in [0.2, 0.25) is 11.8 Å². The molecule has 0 atom stereocenters. The number of carbonyl (C=O) groups excluding carboxylic acids is 2. The van der Waals surface area contributed by atoms with Crippen molar-refractivity contribution in [1.82, 2.24) is 15.2 Å². The fourth-order valence-corrected chi connectivity index (χ4v) is 2.13. The Labute approximate surface area is 118 Å². The lowest BCUT2D eigenvalue weighted by Gasteiger charge is -2.14. The number of rotatable bonds is 6. The van der Waals surface area contributed by atoms with Gasteiger partial charge in [0.25, 0.3) is 0 Å². The van der Waals surface area contributed by atoms with Crippen LogP contribution < -0.4 is 5.32 Å². The zero-order valence-electron chi connectivity index (χ0n) is 11.4. The van der Waals surface area contributed by atoms with Crippen molar-refractivity contribution in [3.05, 3.63) is 36.2 Å². The Morgan fingerprint density at radius 1 is 1.50 bits per heavy atom. The summed E-state index contributed by atoms with van der Waals surface area (Å²) in [6, 6.07) is 3.71. The molecule has 0 radical (unpaired) electrons. The van der Waals surface area contributed by atoms with Gasteiger partial charge in [-0.3, -0.25) is 14.6 Å². The number of likely N-dealkylation sites (tertiary alicyclic amines) is 1. The Hall–Kier alpha value is -2.17. The Morgan fingerprint density at radius 2 is 2.40 bits per heavy atom. The molecule has 20 heavy (non-hydrogen) atoms. The van der Waals surface area contributed by atoms with Gasteiger partial charge in [0.05, 0.1) is 0 Å². The van der Waals surface area contributed by atoms with Gasteiger partial charge >= 0.3 is 0 Å². The van der Waals surface area contributed by atoms with Gasteiger partial charge in [-0.25, -0.2) is 0 Å². The summed E-state index contributed by atoms with van der Waals surface area (Å²) in [5, 5.41) is 2.81. The minimum absolute atomic E-state index is 0.124. The summed E-state index contributed by atoms with van der Waals surface area (Å²) in [5.41, 5.74) is 0.894. The molecule has 0 aromatic carbocycles. The van der Waals surface area contributed by atoms with Crippen LogP contribution in [0, 0.1) is 0 Å². The van der Waals surface area contributed by atoms with Crippen molar-refractivity contribution in [3.63, 3.8) is 0 Å². The number of hydrogen-bond acceptors (Lipinski definition) is 3. The molecule has 0 saturated carbocycles. The van der Waals surface area contributed by atoms with E-state index >= 15 is 0 Å². The van der Waals surface area contributed by atoms with Crippen molar-refractivity contribution in [2.45, 2.75) is 19.3 Å². The van der Waals surface area contributed by atoms with Crippen LogP contribution in [0.25, 0.3) is 6.08 Å². The molecule has 1 aromatic heterocycles. The van der Waals surface area contributed by atoms with E-state index in [1.807, 2.05) is 17.0 Å². The number of aromatic nitrogens is 1. The third-order valence-electron chi connectivity index (χ3n) is 3.19. The van der Waals surface area contributed by atoms with E-state index < -0.39 is 0 Å². The van der Waals surface area contributed by atoms with Crippen molar-refractivity contribution in [3.8, 4) is 0 Å². The molecule has 1 saturated heterocycles. The normalized spacial score (nSPS) is 15.0. The Morgan fingerprint density at radius 3 is 3.10 bits per heavy atom. The molecular weight excluding hydrogens is 254 g/mol. The van der Waals surface area contributed by atoms with E-state index in [1.165, 1.54) is 6.08 Å². The largest absolute Gasteiger partial charge is 0.352 e. The van der Waals surface area contributed by atoms with E-state index in [2.05, 4.69) is 10.3 Å². The highest BCUT2D eigenvalue weighted by Crippen LogP contribution is 2.09. The Kier molecular flexibility index (Phi) is 5.29. The molecule has 0 unspecified atom stereocenters. The van der Waals surface area contributed by atoms with Gasteiger partial charge in [-0.15, -0.1) is 0 Å². The predicted octanol–water partition coefficient (Wildman–Crippen LogP) is 1.22. The van der Waals surface area contributed by atoms with Crippen molar-refractivity contribution in [1.29, 1.82) is 0 Å². The molecule has 2 amide bonds. The maximum absolute atomic E-state index is 11.6. The van der Waals surface area contributed by atoms with Crippen molar-refractivity contribution >= 4 is 17.9 Å². The first kappa shape index (κ1) is 14.2. The van der Waals surface area contributed by atoms with Crippen LogP contribution >= 0.6 is 0 Å². The molecule has 0 aliphatic carbocycles. The van der Waals surface area contributed by atoms with Gasteiger partial charge in [0.15, 0.2) is 0 Å². The lowest BCUT2D eigenvalue weighted by molar-refractivity contribution is -0.127. The third kappa shape index (κ3) is 4.50. The van der Waals surface area contributed by atoms with Gasteiger partial charge in [-0.2, -0.15) is 0 Å². The molecule has 0 bridgehead atoms. The second-order valence-corrected chi connectivity index (χ2v) is 4.75. The monoisotopic (exact) mass is 273 g/mol. The van der Waals surface area contributed by atoms with E-state index in [0.29, 0.717) is 13.0 Å². The van der Waals surface area contributed by atoms with Crippen molar-refractivity contribution in [2.75, 3.05) is 19.6 Å². The molecule has 1 aliphatic heterocycles. The first-order valence-electron chi connectivity index (χ1n) is 6.89. The van der Waals surface area contributed by atoms with Crippen molar-refractivity contribution < 1.29 is 9.59 Å². The molecular formula is C15H19N3O2. The molecule has 1 aromatic rings. The maximum Gasteiger partial charge on any atom is 0.244 e. The van der Waals surface area contributed by atoms with E-state index in [-0.39, 0.29) is 11.8 Å². The molecule has 2 rings (SSSR count). The second-order valence-electron chi connectivity index (χ2n) is 4.75. The van der Waals surface area contributed by atoms with Crippen LogP contribution in [-0.2, 0) is 9.59 Å². The first-order valence-corrected chi connectivity index (χ1v) is 6.89. The lowest BCUT2D eigenvalue weighted by atomic mass is 10.2. The average molecular weight is 273 g/mol. The number of hydrogen-bond donors (Lipinski definition) is 1. The molecule has 1 N–H and O–H groups in total. The van der Waals surface area contributed by atoms with Gasteiger partial charge in [-0.05, 0) is 30.5 Å². The summed E-state index contributed by atoms with van der Waals surface area (Å²) < 4.78 is 0. The summed E-state index contributed by atoms with van der Waals surface area (Å²) in [5.74, 6) is 0.106. The minimum atomic E-state index is -0.124. The predicted molar refractivity (Wildman–Crippen MR) is 76.7 cm³/mol. The highest BCUT2D eigenvalue weighted by molar-refractivity contribution is 5.91. The van der Waals surface area contributed by atoms with Crippen LogP contribution in [0.1, 0.15) is 24.8 Å². The van der Waals surface area contributed by atoms with E-state index in [1.54, 1.807) is 18.5 Å². The quantitative estimate of drug-likeness (QED) is 0.626. The zero-order chi connectivity index (χ0) is 14.2. The zero-order valence-corrected chi connectivity index (χ0v) is 11.4. The van der Waals surface area contributed by atoms with Gasteiger partial charge in [-0.1, -0.05) is 6.07 Å². The summed E-state index contributed by atoms with van der Waals surface area (Å²) >= 11 is 0. The van der Waals surface area contributed by atoms with Crippen LogP contribution in [0.3, 0.4) is 0 Å². The molecule has 2 heterocycles. The van der Waals surface area contributed by atoms with E-state index in [0.717, 1.165) is 31.5 Å². The topological polar surface area (TPSA) is 62.3 Å². The maximum atomic E-state index is 11.6. The fraction of sp³-hybridized carbons (Fsp3) is 0.400. The van der Waals surface area contributed by atoms with Gasteiger partial charge in [0.1, 0.15) is 0 Å². The van der Waals surface area contributed by atoms with Crippen LogP contribution in [-0.4, -0.2) is 41.3 Å². The van der Waals surface area contributed by atoms with Gasteiger partial charge < -0.3 is 10.2 Å². The van der Waals surface area contributed by atoms with Crippen LogP contribution in [0.5, 0.6) is 0 Å². The second kappa shape index (κ2) is 7.43. The molecule has 5 heteroatoms. The number of amides is 2. The smallest absolute Gasteiger partial charge is 0.244 e. The highest BCUT2D eigenvalue weighted by Gasteiger charge is 2.18. The van der Waals surface area contributed by atoms with Crippen LogP contribution in [0.2, 0.25) is 0 Å². The molecule has 1 aliphatic rings. The number of pyridine rings is 1. The Balaban J connectivity index is 1.63. The molecule has 5 nitrogen and oxygen atoms in total. The number of nitrogens with zero attached hydrogens (tertiary/aromatic N) is 2. The average Bonchev–Trinajstić information content (AvgIpc) is 2.88. The van der Waals surface area contributed by atoms with E-state index in [4.69, 9.17) is 0 Å². The summed E-state index contributed by atoms with van der Waals surface area (Å²) in [6.45, 7) is 2.17. The molecule has 106 valence electrons. The Bertz CT molecular complexity index is 485. The van der Waals surface area contributed by atoms with Crippen molar-refractivity contribution in [2.24, 2.45) is 0 Å². The minimum Gasteiger partial charge on any atom is -0.352 e. The summed E-state index contributed by atoms with van der Waals surface area (Å²) in [7, 11) is 0. The first-order chi connectivity index (χ1) is 9.75. The summed E-state index contributed by atoms with van der Waals surface area (Å²) in [4.78, 5) is 28.8. The summed E-state index contributed by atoms with van der Waals surface area (Å²) in [6.07, 6.45) is 9.03. The third-order valence-corrected chi connectivity index (χ3v) is 3.19. The molecule has 0 spiro atoms. The number of carbonyl (C=O) groups is 2. The lowest BCUT2D eigenvalue weighted by Crippen LogP contribution is -2.29. The van der Waals surface area contributed by atoms with E-state index in [9.17, 15) is 9.59 Å².